The van der Waals surface area contributed by atoms with Gasteiger partial charge in [0.1, 0.15) is 5.69 Å². The molecular weight excluding hydrogens is 275 g/mol. The first kappa shape index (κ1) is 13.4. The SMILES string of the molecule is O=[N+]([O-])c1cc(Cl)c(Cl)cc1NCCCC1CC1. The Morgan fingerprint density at radius 2 is 2.00 bits per heavy atom. The minimum Gasteiger partial charge on any atom is -0.379 e. The third kappa shape index (κ3) is 3.50. The first-order chi connectivity index (χ1) is 8.58. The van der Waals surface area contributed by atoms with Crippen molar-refractivity contribution in [2.24, 2.45) is 5.92 Å². The van der Waals surface area contributed by atoms with E-state index in [0.29, 0.717) is 10.7 Å². The molecule has 2 rings (SSSR count). The molecule has 0 aliphatic heterocycles. The number of halogens is 2. The highest BCUT2D eigenvalue weighted by Crippen LogP contribution is 2.35. The van der Waals surface area contributed by atoms with Gasteiger partial charge in [0.05, 0.1) is 15.0 Å². The second-order valence-corrected chi connectivity index (χ2v) is 5.37. The molecular formula is C12H14Cl2N2O2. The van der Waals surface area contributed by atoms with Crippen LogP contribution in [0.5, 0.6) is 0 Å². The van der Waals surface area contributed by atoms with Crippen molar-refractivity contribution in [3.8, 4) is 0 Å². The summed E-state index contributed by atoms with van der Waals surface area (Å²) in [6, 6.07) is 2.80. The number of anilines is 1. The van der Waals surface area contributed by atoms with E-state index < -0.39 is 4.92 Å². The molecule has 0 atom stereocenters. The summed E-state index contributed by atoms with van der Waals surface area (Å²) in [5.41, 5.74) is 0.404. The van der Waals surface area contributed by atoms with Crippen LogP contribution in [0.2, 0.25) is 10.0 Å². The van der Waals surface area contributed by atoms with E-state index in [1.807, 2.05) is 0 Å². The van der Waals surface area contributed by atoms with Crippen LogP contribution in [0.25, 0.3) is 0 Å². The zero-order chi connectivity index (χ0) is 13.1. The van der Waals surface area contributed by atoms with E-state index in [1.165, 1.54) is 31.4 Å². The van der Waals surface area contributed by atoms with Gasteiger partial charge in [0.15, 0.2) is 0 Å². The van der Waals surface area contributed by atoms with Crippen LogP contribution in [-0.4, -0.2) is 11.5 Å². The van der Waals surface area contributed by atoms with Gasteiger partial charge < -0.3 is 5.32 Å². The van der Waals surface area contributed by atoms with Crippen LogP contribution in [-0.2, 0) is 0 Å². The van der Waals surface area contributed by atoms with Crippen molar-refractivity contribution in [2.45, 2.75) is 25.7 Å². The van der Waals surface area contributed by atoms with Crippen molar-refractivity contribution in [1.82, 2.24) is 0 Å². The second-order valence-electron chi connectivity index (χ2n) is 4.55. The van der Waals surface area contributed by atoms with Gasteiger partial charge in [0.25, 0.3) is 5.69 Å². The summed E-state index contributed by atoms with van der Waals surface area (Å²) in [4.78, 5) is 10.4. The van der Waals surface area contributed by atoms with Crippen molar-refractivity contribution < 1.29 is 4.92 Å². The minimum atomic E-state index is -0.453. The molecule has 0 unspecified atom stereocenters. The smallest absolute Gasteiger partial charge is 0.293 e. The number of hydrogen-bond acceptors (Lipinski definition) is 3. The molecule has 98 valence electrons. The van der Waals surface area contributed by atoms with Gasteiger partial charge in [-0.15, -0.1) is 0 Å². The van der Waals surface area contributed by atoms with Gasteiger partial charge in [-0.25, -0.2) is 0 Å². The van der Waals surface area contributed by atoms with Crippen LogP contribution in [0.15, 0.2) is 12.1 Å². The average Bonchev–Trinajstić information content (AvgIpc) is 3.12. The standard InChI is InChI=1S/C12H14Cl2N2O2/c13-9-6-11(12(16(17)18)7-10(9)14)15-5-1-2-8-3-4-8/h6-8,15H,1-5H2. The molecule has 0 radical (unpaired) electrons. The predicted octanol–water partition coefficient (Wildman–Crippen LogP) is 4.50. The maximum atomic E-state index is 10.9. The van der Waals surface area contributed by atoms with E-state index in [2.05, 4.69) is 5.32 Å². The number of rotatable bonds is 6. The molecule has 1 aromatic rings. The number of nitrogens with zero attached hydrogens (tertiary/aromatic N) is 1. The molecule has 1 aromatic carbocycles. The molecule has 1 N–H and O–H groups in total. The molecule has 0 bridgehead atoms. The Labute approximate surface area is 115 Å². The van der Waals surface area contributed by atoms with Gasteiger partial charge in [0.2, 0.25) is 0 Å². The van der Waals surface area contributed by atoms with Gasteiger partial charge in [-0.05, 0) is 24.8 Å². The zero-order valence-corrected chi connectivity index (χ0v) is 11.3. The maximum absolute atomic E-state index is 10.9. The summed E-state index contributed by atoms with van der Waals surface area (Å²) >= 11 is 11.6. The fourth-order valence-corrected chi connectivity index (χ4v) is 2.17. The molecule has 1 aliphatic rings. The Balaban J connectivity index is 1.99. The lowest BCUT2D eigenvalue weighted by Gasteiger charge is -2.08. The first-order valence-electron chi connectivity index (χ1n) is 5.95. The lowest BCUT2D eigenvalue weighted by Crippen LogP contribution is -2.04. The molecule has 4 nitrogen and oxygen atoms in total. The largest absolute Gasteiger partial charge is 0.379 e. The number of nitro groups is 1. The molecule has 1 fully saturated rings. The van der Waals surface area contributed by atoms with E-state index in [-0.39, 0.29) is 10.7 Å². The highest BCUT2D eigenvalue weighted by molar-refractivity contribution is 6.42. The highest BCUT2D eigenvalue weighted by Gasteiger charge is 2.20. The summed E-state index contributed by atoms with van der Waals surface area (Å²) in [5, 5.41) is 14.5. The zero-order valence-electron chi connectivity index (χ0n) is 9.79. The summed E-state index contributed by atoms with van der Waals surface area (Å²) < 4.78 is 0. The molecule has 0 heterocycles. The molecule has 18 heavy (non-hydrogen) atoms. The van der Waals surface area contributed by atoms with Crippen LogP contribution < -0.4 is 5.32 Å². The van der Waals surface area contributed by atoms with Crippen LogP contribution >= 0.6 is 23.2 Å². The van der Waals surface area contributed by atoms with Crippen molar-refractivity contribution in [3.05, 3.63) is 32.3 Å². The molecule has 0 aromatic heterocycles. The Kier molecular flexibility index (Phi) is 4.30. The van der Waals surface area contributed by atoms with Gasteiger partial charge in [-0.2, -0.15) is 0 Å². The molecule has 1 aliphatic carbocycles. The summed E-state index contributed by atoms with van der Waals surface area (Å²) in [5.74, 6) is 0.871. The van der Waals surface area contributed by atoms with Gasteiger partial charge in [-0.3, -0.25) is 10.1 Å². The highest BCUT2D eigenvalue weighted by atomic mass is 35.5. The van der Waals surface area contributed by atoms with E-state index in [4.69, 9.17) is 23.2 Å². The first-order valence-corrected chi connectivity index (χ1v) is 6.71. The van der Waals surface area contributed by atoms with Gasteiger partial charge in [-0.1, -0.05) is 36.0 Å². The second kappa shape index (κ2) is 5.76. The van der Waals surface area contributed by atoms with Crippen LogP contribution in [0.1, 0.15) is 25.7 Å². The van der Waals surface area contributed by atoms with E-state index in [9.17, 15) is 10.1 Å². The minimum absolute atomic E-state index is 0.0316. The number of nitrogens with one attached hydrogen (secondary N) is 1. The lowest BCUT2D eigenvalue weighted by atomic mass is 10.2. The normalized spacial score (nSPS) is 14.6. The van der Waals surface area contributed by atoms with Crippen LogP contribution in [0.3, 0.4) is 0 Å². The third-order valence-electron chi connectivity index (χ3n) is 3.04. The Bertz CT molecular complexity index is 462. The van der Waals surface area contributed by atoms with E-state index in [0.717, 1.165) is 18.9 Å². The van der Waals surface area contributed by atoms with Crippen LogP contribution in [0.4, 0.5) is 11.4 Å². The third-order valence-corrected chi connectivity index (χ3v) is 3.76. The average molecular weight is 289 g/mol. The van der Waals surface area contributed by atoms with Gasteiger partial charge >= 0.3 is 0 Å². The van der Waals surface area contributed by atoms with Crippen molar-refractivity contribution in [2.75, 3.05) is 11.9 Å². The Hall–Kier alpha value is -1.00. The number of benzene rings is 1. The van der Waals surface area contributed by atoms with E-state index in [1.54, 1.807) is 0 Å². The van der Waals surface area contributed by atoms with Gasteiger partial charge in [0, 0.05) is 12.6 Å². The summed E-state index contributed by atoms with van der Waals surface area (Å²) in [6.07, 6.45) is 4.85. The van der Waals surface area contributed by atoms with Crippen molar-refractivity contribution >= 4 is 34.6 Å². The molecule has 6 heteroatoms. The maximum Gasteiger partial charge on any atom is 0.293 e. The number of nitro benzene ring substituents is 1. The molecule has 1 saturated carbocycles. The summed E-state index contributed by atoms with van der Waals surface area (Å²) in [6.45, 7) is 0.718. The fraction of sp³-hybridized carbons (Fsp3) is 0.500. The molecule has 0 spiro atoms. The molecule has 0 amide bonds. The monoisotopic (exact) mass is 288 g/mol. The number of hydrogen-bond donors (Lipinski definition) is 1. The molecule has 0 saturated heterocycles. The quantitative estimate of drug-likeness (QED) is 0.476. The lowest BCUT2D eigenvalue weighted by molar-refractivity contribution is -0.383. The summed E-state index contributed by atoms with van der Waals surface area (Å²) in [7, 11) is 0. The Morgan fingerprint density at radius 3 is 2.61 bits per heavy atom. The van der Waals surface area contributed by atoms with Crippen molar-refractivity contribution in [3.63, 3.8) is 0 Å². The topological polar surface area (TPSA) is 55.2 Å². The van der Waals surface area contributed by atoms with Crippen LogP contribution in [0, 0.1) is 16.0 Å². The van der Waals surface area contributed by atoms with E-state index >= 15 is 0 Å². The predicted molar refractivity (Wildman–Crippen MR) is 73.6 cm³/mol. The fourth-order valence-electron chi connectivity index (χ4n) is 1.85. The Morgan fingerprint density at radius 1 is 1.33 bits per heavy atom. The van der Waals surface area contributed by atoms with Crippen molar-refractivity contribution in [1.29, 1.82) is 0 Å².